The minimum atomic E-state index is -0.910. The normalized spacial score (nSPS) is 17.6. The first kappa shape index (κ1) is 11.4. The molecule has 4 nitrogen and oxygen atoms in total. The molecule has 1 aliphatic carbocycles. The first-order valence-corrected chi connectivity index (χ1v) is 6.04. The number of hydrogen-bond acceptors (Lipinski definition) is 2. The van der Waals surface area contributed by atoms with Crippen LogP contribution in [-0.2, 0) is 7.05 Å². The van der Waals surface area contributed by atoms with Gasteiger partial charge in [0, 0.05) is 13.0 Å². The van der Waals surface area contributed by atoms with Crippen molar-refractivity contribution in [2.24, 2.45) is 7.05 Å². The van der Waals surface area contributed by atoms with E-state index in [1.807, 2.05) is 11.6 Å². The quantitative estimate of drug-likeness (QED) is 0.781. The monoisotopic (exact) mass is 240 g/mol. The van der Waals surface area contributed by atoms with E-state index in [0.29, 0.717) is 10.7 Å². The minimum Gasteiger partial charge on any atom is -0.477 e. The van der Waals surface area contributed by atoms with E-state index >= 15 is 0 Å². The topological polar surface area (TPSA) is 58.0 Å². The zero-order valence-electron chi connectivity index (χ0n) is 9.32. The van der Waals surface area contributed by atoms with Crippen LogP contribution in [0.3, 0.4) is 0 Å². The summed E-state index contributed by atoms with van der Waals surface area (Å²) in [6, 6.07) is 0. The van der Waals surface area contributed by atoms with Gasteiger partial charge in [0.25, 0.3) is 0 Å². The third-order valence-electron chi connectivity index (χ3n) is 3.36. The summed E-state index contributed by atoms with van der Waals surface area (Å²) in [5.74, 6) is -0.565. The average Bonchev–Trinajstić information content (AvgIpc) is 2.57. The molecule has 0 radical (unpaired) electrons. The Hall–Kier alpha value is -1.10. The molecule has 88 valence electrons. The average molecular weight is 240 g/mol. The van der Waals surface area contributed by atoms with Crippen LogP contribution in [0.4, 0.5) is 0 Å². The molecular weight excluding hydrogens is 224 g/mol. The van der Waals surface area contributed by atoms with Gasteiger partial charge in [0.2, 0.25) is 0 Å². The Morgan fingerprint density at radius 2 is 2.06 bits per heavy atom. The van der Waals surface area contributed by atoms with E-state index < -0.39 is 5.97 Å². The van der Waals surface area contributed by atoms with Crippen molar-refractivity contribution in [2.75, 3.05) is 0 Å². The summed E-state index contributed by atoms with van der Waals surface area (Å²) in [5, 5.41) is 9.14. The Morgan fingerprint density at radius 1 is 1.44 bits per heavy atom. The maximum atomic E-state index is 11.1. The lowest BCUT2D eigenvalue weighted by atomic mass is 9.86. The van der Waals surface area contributed by atoms with Crippen LogP contribution in [0, 0.1) is 4.77 Å². The molecule has 0 bridgehead atoms. The van der Waals surface area contributed by atoms with Gasteiger partial charge in [-0.15, -0.1) is 0 Å². The van der Waals surface area contributed by atoms with E-state index in [1.165, 1.54) is 19.3 Å². The zero-order chi connectivity index (χ0) is 11.7. The Labute approximate surface area is 99.3 Å². The van der Waals surface area contributed by atoms with Gasteiger partial charge in [0.1, 0.15) is 5.69 Å². The summed E-state index contributed by atoms with van der Waals surface area (Å²) >= 11 is 5.09. The van der Waals surface area contributed by atoms with Gasteiger partial charge < -0.3 is 14.7 Å². The van der Waals surface area contributed by atoms with Crippen molar-refractivity contribution in [3.63, 3.8) is 0 Å². The fraction of sp³-hybridized carbons (Fsp3) is 0.636. The molecule has 5 heteroatoms. The van der Waals surface area contributed by atoms with Gasteiger partial charge in [-0.1, -0.05) is 19.3 Å². The van der Waals surface area contributed by atoms with E-state index in [2.05, 4.69) is 4.98 Å². The number of nitrogens with zero attached hydrogens (tertiary/aromatic N) is 1. The molecule has 2 rings (SSSR count). The van der Waals surface area contributed by atoms with E-state index in [0.717, 1.165) is 18.5 Å². The number of hydrogen-bond donors (Lipinski definition) is 2. The minimum absolute atomic E-state index is 0.277. The van der Waals surface area contributed by atoms with E-state index in [9.17, 15) is 4.79 Å². The fourth-order valence-electron chi connectivity index (χ4n) is 2.55. The van der Waals surface area contributed by atoms with Crippen LogP contribution < -0.4 is 0 Å². The molecule has 2 N–H and O–H groups in total. The number of aromatic carboxylic acids is 1. The highest BCUT2D eigenvalue weighted by atomic mass is 32.1. The molecular formula is C11H16N2O2S. The number of H-pyrrole nitrogens is 1. The largest absolute Gasteiger partial charge is 0.477 e. The number of carboxylic acid groups (broad SMARTS) is 1. The smallest absolute Gasteiger partial charge is 0.354 e. The summed E-state index contributed by atoms with van der Waals surface area (Å²) in [6.07, 6.45) is 5.76. The highest BCUT2D eigenvalue weighted by Crippen LogP contribution is 2.34. The Kier molecular flexibility index (Phi) is 3.14. The van der Waals surface area contributed by atoms with Crippen LogP contribution in [-0.4, -0.2) is 20.6 Å². The van der Waals surface area contributed by atoms with Crippen molar-refractivity contribution < 1.29 is 9.90 Å². The van der Waals surface area contributed by atoms with Crippen LogP contribution in [0.1, 0.15) is 54.2 Å². The lowest BCUT2D eigenvalue weighted by Crippen LogP contribution is -2.13. The van der Waals surface area contributed by atoms with Gasteiger partial charge in [-0.05, 0) is 25.1 Å². The molecule has 1 aliphatic rings. The van der Waals surface area contributed by atoms with Crippen LogP contribution in [0.15, 0.2) is 0 Å². The lowest BCUT2D eigenvalue weighted by molar-refractivity contribution is 0.0688. The number of rotatable bonds is 2. The van der Waals surface area contributed by atoms with E-state index in [4.69, 9.17) is 17.3 Å². The van der Waals surface area contributed by atoms with Crippen LogP contribution in [0.25, 0.3) is 0 Å². The SMILES string of the molecule is Cn1c(C2CCCCC2)c(C(=O)O)[nH]c1=S. The predicted molar refractivity (Wildman–Crippen MR) is 63.4 cm³/mol. The first-order valence-electron chi connectivity index (χ1n) is 5.63. The van der Waals surface area contributed by atoms with Crippen molar-refractivity contribution in [3.05, 3.63) is 16.2 Å². The van der Waals surface area contributed by atoms with Gasteiger partial charge in [-0.3, -0.25) is 0 Å². The number of carboxylic acids is 1. The van der Waals surface area contributed by atoms with Crippen molar-refractivity contribution >= 4 is 18.2 Å². The summed E-state index contributed by atoms with van der Waals surface area (Å²) in [6.45, 7) is 0. The molecule has 16 heavy (non-hydrogen) atoms. The summed E-state index contributed by atoms with van der Waals surface area (Å²) in [7, 11) is 1.84. The highest BCUT2D eigenvalue weighted by Gasteiger charge is 2.25. The molecule has 1 aromatic heterocycles. The first-order chi connectivity index (χ1) is 7.61. The predicted octanol–water partition coefficient (Wildman–Crippen LogP) is 2.83. The summed E-state index contributed by atoms with van der Waals surface area (Å²) in [4.78, 5) is 13.9. The maximum absolute atomic E-state index is 11.1. The molecule has 0 atom stereocenters. The third kappa shape index (κ3) is 1.91. The van der Waals surface area contributed by atoms with Crippen LogP contribution >= 0.6 is 12.2 Å². The second-order valence-electron chi connectivity index (χ2n) is 4.39. The highest BCUT2D eigenvalue weighted by molar-refractivity contribution is 7.71. The van der Waals surface area contributed by atoms with Crippen molar-refractivity contribution in [1.29, 1.82) is 0 Å². The molecule has 0 unspecified atom stereocenters. The molecule has 0 saturated heterocycles. The molecule has 1 heterocycles. The van der Waals surface area contributed by atoms with Gasteiger partial charge in [0.05, 0.1) is 5.69 Å². The lowest BCUT2D eigenvalue weighted by Gasteiger charge is -2.22. The summed E-state index contributed by atoms with van der Waals surface area (Å²) < 4.78 is 2.31. The Morgan fingerprint density at radius 3 is 2.62 bits per heavy atom. The second-order valence-corrected chi connectivity index (χ2v) is 4.78. The second kappa shape index (κ2) is 4.41. The van der Waals surface area contributed by atoms with Crippen LogP contribution in [0.5, 0.6) is 0 Å². The van der Waals surface area contributed by atoms with Gasteiger partial charge >= 0.3 is 5.97 Å². The van der Waals surface area contributed by atoms with Gasteiger partial charge in [-0.2, -0.15) is 0 Å². The molecule has 0 aliphatic heterocycles. The molecule has 1 aromatic rings. The van der Waals surface area contributed by atoms with Crippen LogP contribution in [0.2, 0.25) is 0 Å². The number of aromatic amines is 1. The zero-order valence-corrected chi connectivity index (χ0v) is 10.1. The molecule has 1 fully saturated rings. The molecule has 0 aromatic carbocycles. The maximum Gasteiger partial charge on any atom is 0.354 e. The van der Waals surface area contributed by atoms with E-state index in [1.54, 1.807) is 0 Å². The molecule has 1 saturated carbocycles. The van der Waals surface area contributed by atoms with Gasteiger partial charge in [-0.25, -0.2) is 4.79 Å². The van der Waals surface area contributed by atoms with Crippen molar-refractivity contribution in [2.45, 2.75) is 38.0 Å². The number of nitrogens with one attached hydrogen (secondary N) is 1. The standard InChI is InChI=1S/C11H16N2O2S/c1-13-9(7-5-3-2-4-6-7)8(10(14)15)12-11(13)16/h7H,2-6H2,1H3,(H,12,16)(H,14,15). The van der Waals surface area contributed by atoms with E-state index in [-0.39, 0.29) is 5.69 Å². The summed E-state index contributed by atoms with van der Waals surface area (Å²) in [5.41, 5.74) is 1.15. The Balaban J connectivity index is 2.44. The number of carbonyl (C=O) groups is 1. The molecule has 0 amide bonds. The Bertz CT molecular complexity index is 455. The number of aromatic nitrogens is 2. The van der Waals surface area contributed by atoms with Crippen molar-refractivity contribution in [3.8, 4) is 0 Å². The number of imidazole rings is 1. The fourth-order valence-corrected chi connectivity index (χ4v) is 2.75. The van der Waals surface area contributed by atoms with Gasteiger partial charge in [0.15, 0.2) is 4.77 Å². The third-order valence-corrected chi connectivity index (χ3v) is 3.74. The van der Waals surface area contributed by atoms with Crippen molar-refractivity contribution in [1.82, 2.24) is 9.55 Å². The molecule has 0 spiro atoms.